The summed E-state index contributed by atoms with van der Waals surface area (Å²) in [5, 5.41) is 17.3. The van der Waals surface area contributed by atoms with Crippen molar-refractivity contribution >= 4 is 0 Å². The molecule has 0 saturated heterocycles. The fraction of sp³-hybridized carbons (Fsp3) is 0.875. The van der Waals surface area contributed by atoms with E-state index in [0.717, 1.165) is 18.7 Å². The smallest absolute Gasteiger partial charge is 0.191 e. The third-order valence-electron chi connectivity index (χ3n) is 2.22. The van der Waals surface area contributed by atoms with E-state index in [2.05, 4.69) is 39.8 Å². The maximum Gasteiger partial charge on any atom is 0.191 e. The fourth-order valence-corrected chi connectivity index (χ4v) is 1.31. The van der Waals surface area contributed by atoms with E-state index in [9.17, 15) is 0 Å². The molecule has 0 radical (unpaired) electrons. The van der Waals surface area contributed by atoms with Crippen molar-refractivity contribution in [3.05, 3.63) is 5.82 Å². The van der Waals surface area contributed by atoms with Crippen molar-refractivity contribution in [2.45, 2.75) is 45.7 Å². The number of nitrogens with one attached hydrogen (secondary N) is 2. The number of hydrogen-bond acceptors (Lipinski definition) is 4. The molecule has 1 aromatic rings. The van der Waals surface area contributed by atoms with Gasteiger partial charge < -0.3 is 5.32 Å². The molecular formula is C8H17N5. The third kappa shape index (κ3) is 2.77. The van der Waals surface area contributed by atoms with E-state index in [-0.39, 0.29) is 6.04 Å². The van der Waals surface area contributed by atoms with Crippen molar-refractivity contribution in [3.8, 4) is 0 Å². The number of rotatable bonds is 5. The first-order valence-corrected chi connectivity index (χ1v) is 4.77. The Morgan fingerprint density at radius 2 is 2.08 bits per heavy atom. The summed E-state index contributed by atoms with van der Waals surface area (Å²) in [6, 6.07) is 0.706. The molecule has 1 unspecified atom stereocenters. The third-order valence-corrected chi connectivity index (χ3v) is 2.22. The first-order chi connectivity index (χ1) is 6.27. The van der Waals surface area contributed by atoms with Gasteiger partial charge in [-0.1, -0.05) is 19.1 Å². The van der Waals surface area contributed by atoms with Crippen LogP contribution < -0.4 is 5.32 Å². The van der Waals surface area contributed by atoms with Gasteiger partial charge in [-0.15, -0.1) is 10.2 Å². The van der Waals surface area contributed by atoms with Crippen LogP contribution in [-0.4, -0.2) is 26.7 Å². The minimum absolute atomic E-state index is 0.170. The summed E-state index contributed by atoms with van der Waals surface area (Å²) in [5.74, 6) is 0.729. The Morgan fingerprint density at radius 3 is 2.54 bits per heavy atom. The van der Waals surface area contributed by atoms with Gasteiger partial charge in [-0.3, -0.25) is 0 Å². The Hall–Kier alpha value is -0.970. The largest absolute Gasteiger partial charge is 0.305 e. The molecule has 1 rings (SSSR count). The zero-order valence-corrected chi connectivity index (χ0v) is 8.41. The van der Waals surface area contributed by atoms with Gasteiger partial charge in [0.2, 0.25) is 0 Å². The van der Waals surface area contributed by atoms with Gasteiger partial charge in [0, 0.05) is 6.04 Å². The molecule has 0 aliphatic heterocycles. The van der Waals surface area contributed by atoms with Crippen molar-refractivity contribution in [2.75, 3.05) is 0 Å². The average Bonchev–Trinajstić information content (AvgIpc) is 2.66. The molecule has 5 heteroatoms. The van der Waals surface area contributed by atoms with Crippen LogP contribution in [0.4, 0.5) is 0 Å². The summed E-state index contributed by atoms with van der Waals surface area (Å²) in [5.41, 5.74) is 0. The predicted molar refractivity (Wildman–Crippen MR) is 50.1 cm³/mol. The molecular weight excluding hydrogens is 166 g/mol. The minimum atomic E-state index is 0.170. The van der Waals surface area contributed by atoms with Gasteiger partial charge in [-0.2, -0.15) is 5.21 Å². The molecule has 1 aromatic heterocycles. The molecule has 0 fully saturated rings. The SMILES string of the molecule is CCC(CC)NC(C)c1nn[nH]n1. The van der Waals surface area contributed by atoms with Crippen molar-refractivity contribution < 1.29 is 0 Å². The van der Waals surface area contributed by atoms with Crippen molar-refractivity contribution in [3.63, 3.8) is 0 Å². The molecule has 0 saturated carbocycles. The lowest BCUT2D eigenvalue weighted by Gasteiger charge is -2.18. The van der Waals surface area contributed by atoms with E-state index in [0.29, 0.717) is 6.04 Å². The monoisotopic (exact) mass is 183 g/mol. The van der Waals surface area contributed by atoms with E-state index in [1.165, 1.54) is 0 Å². The van der Waals surface area contributed by atoms with Crippen molar-refractivity contribution in [1.29, 1.82) is 0 Å². The maximum absolute atomic E-state index is 3.93. The van der Waals surface area contributed by atoms with Crippen molar-refractivity contribution in [2.24, 2.45) is 0 Å². The Balaban J connectivity index is 2.45. The van der Waals surface area contributed by atoms with Gasteiger partial charge in [-0.05, 0) is 19.8 Å². The van der Waals surface area contributed by atoms with Gasteiger partial charge in [-0.25, -0.2) is 0 Å². The molecule has 0 aliphatic rings. The molecule has 0 aromatic carbocycles. The lowest BCUT2D eigenvalue weighted by atomic mass is 10.1. The number of nitrogens with zero attached hydrogens (tertiary/aromatic N) is 3. The summed E-state index contributed by atoms with van der Waals surface area (Å²) in [7, 11) is 0. The summed E-state index contributed by atoms with van der Waals surface area (Å²) >= 11 is 0. The number of H-pyrrole nitrogens is 1. The van der Waals surface area contributed by atoms with Crippen LogP contribution in [0.2, 0.25) is 0 Å². The van der Waals surface area contributed by atoms with Gasteiger partial charge in [0.05, 0.1) is 6.04 Å². The van der Waals surface area contributed by atoms with Crippen LogP contribution in [0.25, 0.3) is 0 Å². The highest BCUT2D eigenvalue weighted by Gasteiger charge is 2.13. The minimum Gasteiger partial charge on any atom is -0.305 e. The summed E-state index contributed by atoms with van der Waals surface area (Å²) in [6.07, 6.45) is 2.25. The maximum atomic E-state index is 3.93. The molecule has 1 heterocycles. The first-order valence-electron chi connectivity index (χ1n) is 4.77. The molecule has 0 aliphatic carbocycles. The Labute approximate surface area is 78.3 Å². The van der Waals surface area contributed by atoms with Crippen LogP contribution in [0.3, 0.4) is 0 Å². The lowest BCUT2D eigenvalue weighted by Crippen LogP contribution is -2.30. The standard InChI is InChI=1S/C8H17N5/c1-4-7(5-2)9-6(3)8-10-12-13-11-8/h6-7,9H,4-5H2,1-3H3,(H,10,11,12,13). The molecule has 0 amide bonds. The number of hydrogen-bond donors (Lipinski definition) is 2. The zero-order chi connectivity index (χ0) is 9.68. The van der Waals surface area contributed by atoms with Gasteiger partial charge in [0.15, 0.2) is 5.82 Å². The number of aromatic nitrogens is 4. The molecule has 2 N–H and O–H groups in total. The van der Waals surface area contributed by atoms with E-state index < -0.39 is 0 Å². The Morgan fingerprint density at radius 1 is 1.38 bits per heavy atom. The second-order valence-corrected chi connectivity index (χ2v) is 3.17. The van der Waals surface area contributed by atoms with E-state index in [1.54, 1.807) is 0 Å². The van der Waals surface area contributed by atoms with Crippen LogP contribution in [0.1, 0.15) is 45.5 Å². The summed E-state index contributed by atoms with van der Waals surface area (Å²) < 4.78 is 0. The normalized spacial score (nSPS) is 13.5. The highest BCUT2D eigenvalue weighted by atomic mass is 15.5. The van der Waals surface area contributed by atoms with Crippen molar-refractivity contribution in [1.82, 2.24) is 25.9 Å². The van der Waals surface area contributed by atoms with Gasteiger partial charge in [0.25, 0.3) is 0 Å². The molecule has 0 bridgehead atoms. The Bertz CT molecular complexity index is 216. The van der Waals surface area contributed by atoms with Crippen LogP contribution >= 0.6 is 0 Å². The highest BCUT2D eigenvalue weighted by molar-refractivity contribution is 4.87. The van der Waals surface area contributed by atoms with Gasteiger partial charge >= 0.3 is 0 Å². The molecule has 1 atom stereocenters. The van der Waals surface area contributed by atoms with E-state index in [4.69, 9.17) is 0 Å². The number of tetrazole rings is 1. The predicted octanol–water partition coefficient (Wildman–Crippen LogP) is 1.04. The van der Waals surface area contributed by atoms with Crippen LogP contribution in [0.5, 0.6) is 0 Å². The van der Waals surface area contributed by atoms with Crippen LogP contribution in [0.15, 0.2) is 0 Å². The van der Waals surface area contributed by atoms with E-state index in [1.807, 2.05) is 6.92 Å². The fourth-order valence-electron chi connectivity index (χ4n) is 1.31. The highest BCUT2D eigenvalue weighted by Crippen LogP contribution is 2.07. The topological polar surface area (TPSA) is 66.5 Å². The second kappa shape index (κ2) is 4.91. The van der Waals surface area contributed by atoms with Crippen LogP contribution in [0, 0.1) is 0 Å². The average molecular weight is 183 g/mol. The molecule has 5 nitrogen and oxygen atoms in total. The number of aromatic amines is 1. The molecule has 0 spiro atoms. The van der Waals surface area contributed by atoms with Gasteiger partial charge in [0.1, 0.15) is 0 Å². The van der Waals surface area contributed by atoms with Crippen LogP contribution in [-0.2, 0) is 0 Å². The summed E-state index contributed by atoms with van der Waals surface area (Å²) in [6.45, 7) is 6.39. The summed E-state index contributed by atoms with van der Waals surface area (Å²) in [4.78, 5) is 0. The first kappa shape index (κ1) is 10.1. The molecule has 13 heavy (non-hydrogen) atoms. The molecule has 74 valence electrons. The zero-order valence-electron chi connectivity index (χ0n) is 8.41. The van der Waals surface area contributed by atoms with E-state index >= 15 is 0 Å². The second-order valence-electron chi connectivity index (χ2n) is 3.17. The lowest BCUT2D eigenvalue weighted by molar-refractivity contribution is 0.421. The quantitative estimate of drug-likeness (QED) is 0.715. The Kier molecular flexibility index (Phi) is 3.82.